The van der Waals surface area contributed by atoms with E-state index >= 15 is 0 Å². The van der Waals surface area contributed by atoms with E-state index in [1.165, 1.54) is 4.90 Å². The van der Waals surface area contributed by atoms with Gasteiger partial charge in [0, 0.05) is 19.5 Å². The summed E-state index contributed by atoms with van der Waals surface area (Å²) >= 11 is 0. The number of H-pyrrole nitrogens is 1. The van der Waals surface area contributed by atoms with Crippen LogP contribution in [0.3, 0.4) is 0 Å². The molecular weight excluding hydrogens is 190 g/mol. The molecule has 0 bridgehead atoms. The Morgan fingerprint density at radius 3 is 2.80 bits per heavy atom. The zero-order valence-electron chi connectivity index (χ0n) is 9.03. The lowest BCUT2D eigenvalue weighted by Crippen LogP contribution is -2.22. The molecule has 0 spiro atoms. The molecule has 0 aliphatic heterocycles. The maximum absolute atomic E-state index is 11.8. The summed E-state index contributed by atoms with van der Waals surface area (Å²) in [5.74, 6) is -0.0770. The van der Waals surface area contributed by atoms with Gasteiger partial charge in [0.25, 0.3) is 5.91 Å². The van der Waals surface area contributed by atoms with Crippen molar-refractivity contribution in [3.8, 4) is 0 Å². The van der Waals surface area contributed by atoms with E-state index in [-0.39, 0.29) is 5.91 Å². The SMILES string of the molecule is Cc1ccc2[nH]nc(C(=O)N(C)C)c2c1. The van der Waals surface area contributed by atoms with Gasteiger partial charge in [-0.3, -0.25) is 9.89 Å². The lowest BCUT2D eigenvalue weighted by atomic mass is 10.1. The molecule has 2 rings (SSSR count). The minimum atomic E-state index is -0.0770. The van der Waals surface area contributed by atoms with Crippen LogP contribution >= 0.6 is 0 Å². The van der Waals surface area contributed by atoms with Gasteiger partial charge < -0.3 is 4.90 Å². The first-order chi connectivity index (χ1) is 7.09. The van der Waals surface area contributed by atoms with Crippen LogP contribution in [0.15, 0.2) is 18.2 Å². The molecule has 78 valence electrons. The third-order valence-electron chi connectivity index (χ3n) is 2.33. The van der Waals surface area contributed by atoms with Crippen LogP contribution in [0, 0.1) is 6.92 Å². The second-order valence-corrected chi connectivity index (χ2v) is 3.82. The molecule has 1 aromatic carbocycles. The quantitative estimate of drug-likeness (QED) is 0.764. The molecule has 0 unspecified atom stereocenters. The van der Waals surface area contributed by atoms with Crippen molar-refractivity contribution in [2.75, 3.05) is 14.1 Å². The van der Waals surface area contributed by atoms with Gasteiger partial charge >= 0.3 is 0 Å². The molecule has 0 aliphatic rings. The van der Waals surface area contributed by atoms with Gasteiger partial charge in [-0.2, -0.15) is 5.10 Å². The Labute approximate surface area is 87.9 Å². The van der Waals surface area contributed by atoms with E-state index in [1.807, 2.05) is 25.1 Å². The minimum Gasteiger partial charge on any atom is -0.343 e. The first-order valence-electron chi connectivity index (χ1n) is 4.76. The second-order valence-electron chi connectivity index (χ2n) is 3.82. The van der Waals surface area contributed by atoms with Crippen molar-refractivity contribution >= 4 is 16.8 Å². The van der Waals surface area contributed by atoms with Crippen LogP contribution in [-0.2, 0) is 0 Å². The molecule has 4 nitrogen and oxygen atoms in total. The number of nitrogens with one attached hydrogen (secondary N) is 1. The Kier molecular flexibility index (Phi) is 2.19. The summed E-state index contributed by atoms with van der Waals surface area (Å²) in [7, 11) is 3.44. The molecule has 0 radical (unpaired) electrons. The predicted octanol–water partition coefficient (Wildman–Crippen LogP) is 1.57. The first kappa shape index (κ1) is 9.71. The van der Waals surface area contributed by atoms with Crippen LogP contribution < -0.4 is 0 Å². The fourth-order valence-electron chi connectivity index (χ4n) is 1.50. The highest BCUT2D eigenvalue weighted by atomic mass is 16.2. The van der Waals surface area contributed by atoms with E-state index in [0.717, 1.165) is 16.5 Å². The highest BCUT2D eigenvalue weighted by molar-refractivity contribution is 6.04. The monoisotopic (exact) mass is 203 g/mol. The van der Waals surface area contributed by atoms with Crippen LogP contribution in [0.4, 0.5) is 0 Å². The standard InChI is InChI=1S/C11H13N3O/c1-7-4-5-9-8(6-7)10(13-12-9)11(15)14(2)3/h4-6H,1-3H3,(H,12,13). The van der Waals surface area contributed by atoms with E-state index < -0.39 is 0 Å². The summed E-state index contributed by atoms with van der Waals surface area (Å²) in [6.45, 7) is 2.00. The van der Waals surface area contributed by atoms with Crippen molar-refractivity contribution in [1.82, 2.24) is 15.1 Å². The van der Waals surface area contributed by atoms with E-state index in [1.54, 1.807) is 14.1 Å². The fraction of sp³-hybridized carbons (Fsp3) is 0.273. The third kappa shape index (κ3) is 1.58. The summed E-state index contributed by atoms with van der Waals surface area (Å²) in [6, 6.07) is 5.89. The molecule has 1 heterocycles. The van der Waals surface area contributed by atoms with Crippen LogP contribution in [0.25, 0.3) is 10.9 Å². The van der Waals surface area contributed by atoms with Crippen LogP contribution in [-0.4, -0.2) is 35.1 Å². The Balaban J connectivity index is 2.62. The molecule has 4 heteroatoms. The van der Waals surface area contributed by atoms with Gasteiger partial charge in [0.15, 0.2) is 5.69 Å². The number of rotatable bonds is 1. The molecule has 0 fully saturated rings. The number of nitrogens with zero attached hydrogens (tertiary/aromatic N) is 2. The summed E-state index contributed by atoms with van der Waals surface area (Å²) in [5.41, 5.74) is 2.50. The normalized spacial score (nSPS) is 10.6. The molecule has 1 amide bonds. The van der Waals surface area contributed by atoms with Crippen molar-refractivity contribution in [3.05, 3.63) is 29.5 Å². The lowest BCUT2D eigenvalue weighted by Gasteiger charge is -2.07. The van der Waals surface area contributed by atoms with Gasteiger partial charge in [-0.05, 0) is 19.1 Å². The summed E-state index contributed by atoms with van der Waals surface area (Å²) in [4.78, 5) is 13.3. The predicted molar refractivity (Wildman–Crippen MR) is 58.8 cm³/mol. The number of aryl methyl sites for hydroxylation is 1. The molecule has 0 saturated heterocycles. The second kappa shape index (κ2) is 3.38. The van der Waals surface area contributed by atoms with Gasteiger partial charge in [0.05, 0.1) is 5.52 Å². The van der Waals surface area contributed by atoms with E-state index in [2.05, 4.69) is 10.2 Å². The van der Waals surface area contributed by atoms with Crippen molar-refractivity contribution in [3.63, 3.8) is 0 Å². The Morgan fingerprint density at radius 2 is 2.13 bits per heavy atom. The van der Waals surface area contributed by atoms with Gasteiger partial charge in [0.1, 0.15) is 0 Å². The Morgan fingerprint density at radius 1 is 1.40 bits per heavy atom. The zero-order valence-corrected chi connectivity index (χ0v) is 9.03. The number of carbonyl (C=O) groups excluding carboxylic acids is 1. The van der Waals surface area contributed by atoms with Crippen molar-refractivity contribution < 1.29 is 4.79 Å². The topological polar surface area (TPSA) is 49.0 Å². The third-order valence-corrected chi connectivity index (χ3v) is 2.33. The van der Waals surface area contributed by atoms with Crippen LogP contribution in [0.5, 0.6) is 0 Å². The smallest absolute Gasteiger partial charge is 0.274 e. The number of fused-ring (bicyclic) bond motifs is 1. The summed E-state index contributed by atoms with van der Waals surface area (Å²) < 4.78 is 0. The number of hydrogen-bond donors (Lipinski definition) is 1. The summed E-state index contributed by atoms with van der Waals surface area (Å²) in [6.07, 6.45) is 0. The van der Waals surface area contributed by atoms with Gasteiger partial charge in [0.2, 0.25) is 0 Å². The van der Waals surface area contributed by atoms with E-state index in [4.69, 9.17) is 0 Å². The molecule has 0 saturated carbocycles. The lowest BCUT2D eigenvalue weighted by molar-refractivity contribution is 0.0824. The van der Waals surface area contributed by atoms with Crippen molar-refractivity contribution in [2.45, 2.75) is 6.92 Å². The summed E-state index contributed by atoms with van der Waals surface area (Å²) in [5, 5.41) is 7.78. The van der Waals surface area contributed by atoms with E-state index in [0.29, 0.717) is 5.69 Å². The molecule has 2 aromatic rings. The van der Waals surface area contributed by atoms with Gasteiger partial charge in [-0.1, -0.05) is 11.6 Å². The number of benzene rings is 1. The maximum Gasteiger partial charge on any atom is 0.274 e. The maximum atomic E-state index is 11.8. The van der Waals surface area contributed by atoms with Crippen molar-refractivity contribution in [1.29, 1.82) is 0 Å². The minimum absolute atomic E-state index is 0.0770. The number of aromatic amines is 1. The molecule has 0 aliphatic carbocycles. The largest absolute Gasteiger partial charge is 0.343 e. The van der Waals surface area contributed by atoms with Gasteiger partial charge in [-0.25, -0.2) is 0 Å². The number of hydrogen-bond acceptors (Lipinski definition) is 2. The van der Waals surface area contributed by atoms with E-state index in [9.17, 15) is 4.79 Å². The zero-order chi connectivity index (χ0) is 11.0. The molecule has 15 heavy (non-hydrogen) atoms. The fourth-order valence-corrected chi connectivity index (χ4v) is 1.50. The highest BCUT2D eigenvalue weighted by Gasteiger charge is 2.15. The van der Waals surface area contributed by atoms with Crippen LogP contribution in [0.1, 0.15) is 16.1 Å². The van der Waals surface area contributed by atoms with Crippen LogP contribution in [0.2, 0.25) is 0 Å². The average Bonchev–Trinajstić information content (AvgIpc) is 2.59. The van der Waals surface area contributed by atoms with Gasteiger partial charge in [-0.15, -0.1) is 0 Å². The molecule has 0 atom stereocenters. The Bertz CT molecular complexity index is 514. The number of amides is 1. The average molecular weight is 203 g/mol. The number of carbonyl (C=O) groups is 1. The highest BCUT2D eigenvalue weighted by Crippen LogP contribution is 2.18. The molecule has 1 aromatic heterocycles. The molecule has 1 N–H and O–H groups in total. The Hall–Kier alpha value is -1.84. The van der Waals surface area contributed by atoms with Crippen molar-refractivity contribution in [2.24, 2.45) is 0 Å². The molecular formula is C11H13N3O. The number of aromatic nitrogens is 2. The first-order valence-corrected chi connectivity index (χ1v) is 4.76.